The second kappa shape index (κ2) is 8.78. The van der Waals surface area contributed by atoms with E-state index in [1.807, 2.05) is 37.3 Å². The normalized spacial score (nSPS) is 11.8. The quantitative estimate of drug-likeness (QED) is 0.626. The van der Waals surface area contributed by atoms with Crippen molar-refractivity contribution in [1.82, 2.24) is 10.2 Å². The molecule has 134 valence electrons. The number of benzene rings is 2. The van der Waals surface area contributed by atoms with Crippen molar-refractivity contribution in [1.29, 1.82) is 0 Å². The summed E-state index contributed by atoms with van der Waals surface area (Å²) in [4.78, 5) is 12.5. The largest absolute Gasteiger partial charge is 0.486 e. The molecule has 1 N–H and O–H groups in total. The zero-order valence-electron chi connectivity index (χ0n) is 14.2. The maximum absolute atomic E-state index is 12.5. The summed E-state index contributed by atoms with van der Waals surface area (Å²) in [5.41, 5.74) is 0.989. The fraction of sp³-hybridized carbons (Fsp3) is 0.211. The average Bonchev–Trinajstić information content (AvgIpc) is 3.10. The van der Waals surface area contributed by atoms with E-state index in [9.17, 15) is 4.79 Å². The highest BCUT2D eigenvalue weighted by Crippen LogP contribution is 2.24. The lowest BCUT2D eigenvalue weighted by Crippen LogP contribution is -2.20. The molecular formula is C19H18ClN3O2S. The number of ether oxygens (including phenoxy) is 1. The molecule has 0 fully saturated rings. The monoisotopic (exact) mass is 387 g/mol. The van der Waals surface area contributed by atoms with E-state index in [-0.39, 0.29) is 18.4 Å². The summed E-state index contributed by atoms with van der Waals surface area (Å²) in [5, 5.41) is 12.8. The number of aromatic nitrogens is 2. The van der Waals surface area contributed by atoms with Gasteiger partial charge in [-0.1, -0.05) is 60.2 Å². The smallest absolute Gasteiger partial charge is 0.233 e. The van der Waals surface area contributed by atoms with Crippen LogP contribution in [0.15, 0.2) is 54.6 Å². The first kappa shape index (κ1) is 18.4. The minimum Gasteiger partial charge on any atom is -0.486 e. The highest BCUT2D eigenvalue weighted by atomic mass is 35.5. The van der Waals surface area contributed by atoms with Gasteiger partial charge in [-0.25, -0.2) is 0 Å². The lowest BCUT2D eigenvalue weighted by molar-refractivity contribution is -0.117. The van der Waals surface area contributed by atoms with E-state index in [0.717, 1.165) is 5.56 Å². The van der Waals surface area contributed by atoms with Gasteiger partial charge in [0.2, 0.25) is 11.0 Å². The van der Waals surface area contributed by atoms with Gasteiger partial charge in [-0.05, 0) is 36.2 Å². The van der Waals surface area contributed by atoms with Crippen LogP contribution in [-0.2, 0) is 11.4 Å². The molecule has 1 amide bonds. The highest BCUT2D eigenvalue weighted by Gasteiger charge is 2.20. The molecule has 0 aliphatic carbocycles. The molecule has 0 bridgehead atoms. The van der Waals surface area contributed by atoms with Crippen molar-refractivity contribution in [3.63, 3.8) is 0 Å². The topological polar surface area (TPSA) is 64.1 Å². The van der Waals surface area contributed by atoms with E-state index in [2.05, 4.69) is 15.5 Å². The maximum Gasteiger partial charge on any atom is 0.233 e. The predicted octanol–water partition coefficient (Wildman–Crippen LogP) is 4.90. The number of anilines is 1. The van der Waals surface area contributed by atoms with Crippen LogP contribution < -0.4 is 10.1 Å². The van der Waals surface area contributed by atoms with Crippen molar-refractivity contribution in [2.24, 2.45) is 0 Å². The first-order valence-corrected chi connectivity index (χ1v) is 9.41. The fourth-order valence-corrected chi connectivity index (χ4v) is 3.27. The second-order valence-electron chi connectivity index (χ2n) is 5.60. The third-order valence-corrected chi connectivity index (χ3v) is 4.86. The Labute approximate surface area is 161 Å². The molecule has 0 aliphatic heterocycles. The Morgan fingerprint density at radius 3 is 2.58 bits per heavy atom. The molecule has 0 spiro atoms. The lowest BCUT2D eigenvalue weighted by Gasteiger charge is -2.13. The number of halogens is 1. The van der Waals surface area contributed by atoms with Crippen LogP contribution >= 0.6 is 22.9 Å². The third-order valence-electron chi connectivity index (χ3n) is 3.80. The molecule has 0 aliphatic rings. The van der Waals surface area contributed by atoms with Crippen molar-refractivity contribution < 1.29 is 9.53 Å². The lowest BCUT2D eigenvalue weighted by atomic mass is 9.96. The van der Waals surface area contributed by atoms with E-state index in [4.69, 9.17) is 16.3 Å². The number of nitrogens with one attached hydrogen (secondary N) is 1. The summed E-state index contributed by atoms with van der Waals surface area (Å²) < 4.78 is 5.64. The number of amides is 1. The van der Waals surface area contributed by atoms with Gasteiger partial charge in [-0.3, -0.25) is 10.1 Å². The Morgan fingerprint density at radius 2 is 1.88 bits per heavy atom. The number of carbonyl (C=O) groups excluding carboxylic acids is 1. The Kier molecular flexibility index (Phi) is 6.20. The van der Waals surface area contributed by atoms with Gasteiger partial charge >= 0.3 is 0 Å². The van der Waals surface area contributed by atoms with E-state index < -0.39 is 0 Å². The van der Waals surface area contributed by atoms with Gasteiger partial charge in [0.1, 0.15) is 12.4 Å². The molecule has 0 saturated heterocycles. The van der Waals surface area contributed by atoms with Crippen LogP contribution in [0.3, 0.4) is 0 Å². The minimum atomic E-state index is -0.214. The summed E-state index contributed by atoms with van der Waals surface area (Å²) in [6.45, 7) is 2.27. The Balaban J connectivity index is 1.59. The molecule has 26 heavy (non-hydrogen) atoms. The van der Waals surface area contributed by atoms with E-state index in [1.165, 1.54) is 11.3 Å². The number of nitrogens with zero attached hydrogens (tertiary/aromatic N) is 2. The minimum absolute atomic E-state index is 0.0833. The van der Waals surface area contributed by atoms with Crippen molar-refractivity contribution in [3.8, 4) is 5.75 Å². The van der Waals surface area contributed by atoms with Crippen molar-refractivity contribution in [3.05, 3.63) is 70.2 Å². The van der Waals surface area contributed by atoms with Crippen LogP contribution in [0, 0.1) is 0 Å². The number of carbonyl (C=O) groups is 1. The molecule has 0 radical (unpaired) electrons. The zero-order valence-corrected chi connectivity index (χ0v) is 15.8. The van der Waals surface area contributed by atoms with Crippen LogP contribution in [0.2, 0.25) is 5.02 Å². The van der Waals surface area contributed by atoms with Crippen molar-refractivity contribution >= 4 is 34.0 Å². The van der Waals surface area contributed by atoms with E-state index in [0.29, 0.717) is 27.3 Å². The Morgan fingerprint density at radius 1 is 1.15 bits per heavy atom. The van der Waals surface area contributed by atoms with Crippen molar-refractivity contribution in [2.45, 2.75) is 25.9 Å². The van der Waals surface area contributed by atoms with Gasteiger partial charge in [0, 0.05) is 5.02 Å². The molecule has 0 unspecified atom stereocenters. The van der Waals surface area contributed by atoms with Crippen LogP contribution in [0.5, 0.6) is 5.75 Å². The maximum atomic E-state index is 12.5. The molecule has 3 rings (SSSR count). The Bertz CT molecular complexity index is 853. The van der Waals surface area contributed by atoms with Gasteiger partial charge in [-0.2, -0.15) is 0 Å². The first-order chi connectivity index (χ1) is 12.7. The SMILES string of the molecule is CC[C@@H](C(=O)Nc1nnc(COc2ccc(Cl)cc2)s1)c1ccccc1. The highest BCUT2D eigenvalue weighted by molar-refractivity contribution is 7.15. The van der Waals surface area contributed by atoms with Gasteiger partial charge in [0.15, 0.2) is 5.01 Å². The standard InChI is InChI=1S/C19H18ClN3O2S/c1-2-16(13-6-4-3-5-7-13)18(24)21-19-23-22-17(26-19)12-25-15-10-8-14(20)9-11-15/h3-11,16H,2,12H2,1H3,(H,21,23,24)/t16-/m1/s1. The summed E-state index contributed by atoms with van der Waals surface area (Å²) in [6.07, 6.45) is 0.710. The van der Waals surface area contributed by atoms with Gasteiger partial charge in [0.25, 0.3) is 0 Å². The average molecular weight is 388 g/mol. The molecule has 1 heterocycles. The summed E-state index contributed by atoms with van der Waals surface area (Å²) in [5.74, 6) is 0.402. The van der Waals surface area contributed by atoms with Gasteiger partial charge in [-0.15, -0.1) is 10.2 Å². The van der Waals surface area contributed by atoms with Crippen LogP contribution in [0.1, 0.15) is 29.8 Å². The molecular weight excluding hydrogens is 370 g/mol. The molecule has 2 aromatic carbocycles. The molecule has 1 atom stereocenters. The van der Waals surface area contributed by atoms with Crippen LogP contribution in [-0.4, -0.2) is 16.1 Å². The molecule has 5 nitrogen and oxygen atoms in total. The van der Waals surface area contributed by atoms with Crippen LogP contribution in [0.25, 0.3) is 0 Å². The number of hydrogen-bond acceptors (Lipinski definition) is 5. The second-order valence-corrected chi connectivity index (χ2v) is 7.10. The van der Waals surface area contributed by atoms with Crippen molar-refractivity contribution in [2.75, 3.05) is 5.32 Å². The number of hydrogen-bond donors (Lipinski definition) is 1. The molecule has 3 aromatic rings. The summed E-state index contributed by atoms with van der Waals surface area (Å²) in [6, 6.07) is 16.8. The van der Waals surface area contributed by atoms with Gasteiger partial charge < -0.3 is 4.74 Å². The third kappa shape index (κ3) is 4.80. The Hall–Kier alpha value is -2.44. The fourth-order valence-electron chi connectivity index (χ4n) is 2.49. The van der Waals surface area contributed by atoms with E-state index >= 15 is 0 Å². The van der Waals surface area contributed by atoms with E-state index in [1.54, 1.807) is 24.3 Å². The number of rotatable bonds is 7. The zero-order chi connectivity index (χ0) is 18.4. The van der Waals surface area contributed by atoms with Crippen LogP contribution in [0.4, 0.5) is 5.13 Å². The molecule has 1 aromatic heterocycles. The summed E-state index contributed by atoms with van der Waals surface area (Å²) >= 11 is 7.15. The molecule has 0 saturated carbocycles. The first-order valence-electron chi connectivity index (χ1n) is 8.22. The van der Waals surface area contributed by atoms with Gasteiger partial charge in [0.05, 0.1) is 5.92 Å². The molecule has 7 heteroatoms. The predicted molar refractivity (Wildman–Crippen MR) is 104 cm³/mol. The summed E-state index contributed by atoms with van der Waals surface area (Å²) in [7, 11) is 0.